The maximum atomic E-state index is 6.08. The van der Waals surface area contributed by atoms with Gasteiger partial charge in [-0.25, -0.2) is 3.15 Å². The van der Waals surface area contributed by atoms with Crippen LogP contribution in [0.25, 0.3) is 0 Å². The van der Waals surface area contributed by atoms with E-state index in [1.807, 2.05) is 6.20 Å². The molecule has 0 N–H and O–H groups in total. The molecule has 80 valence electrons. The second kappa shape index (κ2) is 4.26. The summed E-state index contributed by atoms with van der Waals surface area (Å²) in [6.07, 6.45) is 3.95. The standard InChI is InChI=1S/C10H18INOSi/c1-10(2,3)14(4,5)13-9-6-7-11-12-8-9/h6-8H,1-5H3. The number of halogens is 1. The Kier molecular flexibility index (Phi) is 3.68. The molecule has 1 aliphatic heterocycles. The van der Waals surface area contributed by atoms with E-state index < -0.39 is 8.32 Å². The van der Waals surface area contributed by atoms with Gasteiger partial charge >= 0.3 is 0 Å². The maximum Gasteiger partial charge on any atom is 0.250 e. The van der Waals surface area contributed by atoms with Gasteiger partial charge in [-0.2, -0.15) is 0 Å². The highest BCUT2D eigenvalue weighted by Crippen LogP contribution is 2.38. The van der Waals surface area contributed by atoms with Crippen LogP contribution in [-0.4, -0.2) is 8.32 Å². The summed E-state index contributed by atoms with van der Waals surface area (Å²) >= 11 is -0.0806. The van der Waals surface area contributed by atoms with E-state index in [0.29, 0.717) is 0 Å². The summed E-state index contributed by atoms with van der Waals surface area (Å²) < 4.78 is 12.5. The number of nitrogens with zero attached hydrogens (tertiary/aromatic N) is 1. The number of hydrogen-bond acceptors (Lipinski definition) is 2. The molecule has 0 saturated heterocycles. The zero-order valence-corrected chi connectivity index (χ0v) is 12.6. The summed E-state index contributed by atoms with van der Waals surface area (Å²) in [5.41, 5.74) is 0. The molecule has 0 fully saturated rings. The predicted octanol–water partition coefficient (Wildman–Crippen LogP) is 4.53. The van der Waals surface area contributed by atoms with Crippen LogP contribution in [0.2, 0.25) is 18.1 Å². The first-order valence-corrected chi connectivity index (χ1v) is 9.83. The highest BCUT2D eigenvalue weighted by Gasteiger charge is 2.39. The van der Waals surface area contributed by atoms with Crippen molar-refractivity contribution in [1.29, 1.82) is 0 Å². The number of hydrogen-bond donors (Lipinski definition) is 0. The van der Waals surface area contributed by atoms with Gasteiger partial charge in [0.15, 0.2) is 0 Å². The zero-order valence-electron chi connectivity index (χ0n) is 9.47. The van der Waals surface area contributed by atoms with Crippen molar-refractivity contribution in [1.82, 2.24) is 0 Å². The Morgan fingerprint density at radius 2 is 2.00 bits per heavy atom. The lowest BCUT2D eigenvalue weighted by Gasteiger charge is -2.36. The fourth-order valence-corrected chi connectivity index (χ4v) is 2.90. The van der Waals surface area contributed by atoms with Crippen molar-refractivity contribution in [3.8, 4) is 0 Å². The summed E-state index contributed by atoms with van der Waals surface area (Å²) in [5, 5.41) is 0.258. The third-order valence-corrected chi connectivity index (χ3v) is 8.33. The summed E-state index contributed by atoms with van der Waals surface area (Å²) in [6.45, 7) is 11.2. The lowest BCUT2D eigenvalue weighted by atomic mass is 10.2. The van der Waals surface area contributed by atoms with E-state index in [1.165, 1.54) is 0 Å². The topological polar surface area (TPSA) is 21.6 Å². The monoisotopic (exact) mass is 323 g/mol. The second-order valence-electron chi connectivity index (χ2n) is 4.88. The summed E-state index contributed by atoms with van der Waals surface area (Å²) in [4.78, 5) is 0. The molecule has 0 saturated carbocycles. The molecular formula is C10H18INOSi. The molecule has 0 bridgehead atoms. The van der Waals surface area contributed by atoms with E-state index in [9.17, 15) is 0 Å². The zero-order chi connectivity index (χ0) is 10.8. The van der Waals surface area contributed by atoms with Crippen molar-refractivity contribution in [3.05, 3.63) is 22.1 Å². The molecule has 1 heterocycles. The number of rotatable bonds is 2. The van der Waals surface area contributed by atoms with Crippen LogP contribution in [0.3, 0.4) is 0 Å². The molecule has 0 spiro atoms. The Labute approximate surface area is 97.7 Å². The van der Waals surface area contributed by atoms with Crippen molar-refractivity contribution in [3.63, 3.8) is 0 Å². The fraction of sp³-hybridized carbons (Fsp3) is 0.600. The Bertz CT molecular complexity index is 300. The van der Waals surface area contributed by atoms with E-state index in [4.69, 9.17) is 4.43 Å². The van der Waals surface area contributed by atoms with Gasteiger partial charge in [-0.15, -0.1) is 0 Å². The maximum absolute atomic E-state index is 6.08. The number of allylic oxidation sites excluding steroid dienone is 1. The van der Waals surface area contributed by atoms with Crippen LogP contribution >= 0.6 is 21.0 Å². The molecule has 0 aromatic heterocycles. The molecular weight excluding hydrogens is 305 g/mol. The lowest BCUT2D eigenvalue weighted by molar-refractivity contribution is 0.399. The van der Waals surface area contributed by atoms with Crippen molar-refractivity contribution >= 4 is 29.4 Å². The van der Waals surface area contributed by atoms with Crippen molar-refractivity contribution in [2.75, 3.05) is 0 Å². The van der Waals surface area contributed by atoms with E-state index in [1.54, 1.807) is 0 Å². The third kappa shape index (κ3) is 3.01. The Hall–Kier alpha value is 0.0269. The lowest BCUT2D eigenvalue weighted by Crippen LogP contribution is -2.40. The fourth-order valence-electron chi connectivity index (χ4n) is 0.750. The molecule has 0 atom stereocenters. The highest BCUT2D eigenvalue weighted by atomic mass is 127. The molecule has 2 nitrogen and oxygen atoms in total. The normalized spacial score (nSPS) is 17.4. The van der Waals surface area contributed by atoms with Crippen LogP contribution < -0.4 is 0 Å². The Morgan fingerprint density at radius 1 is 1.36 bits per heavy atom. The average Bonchev–Trinajstić information content (AvgIpc) is 2.03. The molecule has 0 aromatic rings. The molecule has 0 aliphatic carbocycles. The molecule has 4 heteroatoms. The van der Waals surface area contributed by atoms with Crippen molar-refractivity contribution in [2.45, 2.75) is 38.9 Å². The van der Waals surface area contributed by atoms with E-state index >= 15 is 0 Å². The first kappa shape index (κ1) is 12.1. The summed E-state index contributed by atoms with van der Waals surface area (Å²) in [6, 6.07) is 0. The average molecular weight is 323 g/mol. The van der Waals surface area contributed by atoms with Crippen molar-refractivity contribution < 1.29 is 4.43 Å². The second-order valence-corrected chi connectivity index (χ2v) is 11.4. The quantitative estimate of drug-likeness (QED) is 0.540. The van der Waals surface area contributed by atoms with E-state index in [0.717, 1.165) is 5.76 Å². The largest absolute Gasteiger partial charge is 0.542 e. The van der Waals surface area contributed by atoms with Gasteiger partial charge in [0, 0.05) is 21.0 Å². The van der Waals surface area contributed by atoms with Gasteiger partial charge in [-0.1, -0.05) is 20.8 Å². The Morgan fingerprint density at radius 3 is 2.43 bits per heavy atom. The smallest absolute Gasteiger partial charge is 0.250 e. The molecule has 1 aliphatic rings. The van der Waals surface area contributed by atoms with Gasteiger partial charge in [0.2, 0.25) is 0 Å². The van der Waals surface area contributed by atoms with Gasteiger partial charge in [0.1, 0.15) is 5.76 Å². The highest BCUT2D eigenvalue weighted by molar-refractivity contribution is 14.2. The van der Waals surface area contributed by atoms with Gasteiger partial charge < -0.3 is 4.43 Å². The first-order chi connectivity index (χ1) is 6.33. The van der Waals surface area contributed by atoms with Gasteiger partial charge in [0.25, 0.3) is 8.32 Å². The van der Waals surface area contributed by atoms with Crippen LogP contribution in [0.1, 0.15) is 20.8 Å². The minimum absolute atomic E-state index is 0.0806. The summed E-state index contributed by atoms with van der Waals surface area (Å²) in [5.74, 6) is 0.947. The summed E-state index contributed by atoms with van der Waals surface area (Å²) in [7, 11) is -1.66. The first-order valence-electron chi connectivity index (χ1n) is 4.71. The van der Waals surface area contributed by atoms with E-state index in [-0.39, 0.29) is 26.1 Å². The van der Waals surface area contributed by atoms with Crippen LogP contribution in [0.15, 0.2) is 25.3 Å². The molecule has 14 heavy (non-hydrogen) atoms. The van der Waals surface area contributed by atoms with Crippen molar-refractivity contribution in [2.24, 2.45) is 3.15 Å². The minimum atomic E-state index is -1.66. The van der Waals surface area contributed by atoms with E-state index in [2.05, 4.69) is 47.2 Å². The minimum Gasteiger partial charge on any atom is -0.542 e. The van der Waals surface area contributed by atoms with Crippen LogP contribution in [0, 0.1) is 0 Å². The molecule has 0 amide bonds. The van der Waals surface area contributed by atoms with Gasteiger partial charge in [0.05, 0.1) is 6.20 Å². The van der Waals surface area contributed by atoms with Crippen LogP contribution in [0.5, 0.6) is 0 Å². The molecule has 0 unspecified atom stereocenters. The van der Waals surface area contributed by atoms with Crippen LogP contribution in [0.4, 0.5) is 0 Å². The Balaban J connectivity index is 2.73. The SMILES string of the molecule is CC(C)(C)[Si](C)(C)OC1=CN=IC=C1. The molecule has 0 aromatic carbocycles. The molecule has 0 radical (unpaired) electrons. The third-order valence-electron chi connectivity index (χ3n) is 2.70. The predicted molar refractivity (Wildman–Crippen MR) is 72.0 cm³/mol. The van der Waals surface area contributed by atoms with Gasteiger partial charge in [-0.05, 0) is 28.3 Å². The van der Waals surface area contributed by atoms with Gasteiger partial charge in [-0.3, -0.25) is 0 Å². The van der Waals surface area contributed by atoms with Crippen LogP contribution in [-0.2, 0) is 4.43 Å². The molecule has 1 rings (SSSR count).